The maximum Gasteiger partial charge on any atom is 0.234 e. The molecule has 3 rings (SSSR count). The third-order valence-corrected chi connectivity index (χ3v) is 5.48. The molecule has 1 N–H and O–H groups in total. The zero-order valence-corrected chi connectivity index (χ0v) is 18.4. The van der Waals surface area contributed by atoms with Crippen molar-refractivity contribution in [3.05, 3.63) is 77.6 Å². The lowest BCUT2D eigenvalue weighted by atomic mass is 10.2. The number of rotatable bonds is 9. The Morgan fingerprint density at radius 2 is 2.07 bits per heavy atom. The number of nitrogens with zero attached hydrogens (tertiary/aromatic N) is 3. The van der Waals surface area contributed by atoms with E-state index in [4.69, 9.17) is 16.3 Å². The molecular weight excluding hydrogens is 420 g/mol. The molecule has 0 fully saturated rings. The Morgan fingerprint density at radius 1 is 1.30 bits per heavy atom. The summed E-state index contributed by atoms with van der Waals surface area (Å²) in [6.45, 7) is 8.16. The summed E-state index contributed by atoms with van der Waals surface area (Å²) in [5.41, 5.74) is 1.65. The summed E-state index contributed by atoms with van der Waals surface area (Å²) in [5.74, 6) is 1.47. The highest BCUT2D eigenvalue weighted by Crippen LogP contribution is 2.25. The first-order valence-electron chi connectivity index (χ1n) is 9.42. The molecule has 0 aliphatic rings. The molecule has 1 heterocycles. The van der Waals surface area contributed by atoms with Crippen LogP contribution in [-0.2, 0) is 11.3 Å². The van der Waals surface area contributed by atoms with Crippen LogP contribution in [-0.4, -0.2) is 26.4 Å². The van der Waals surface area contributed by atoms with Crippen molar-refractivity contribution in [1.29, 1.82) is 0 Å². The summed E-state index contributed by atoms with van der Waals surface area (Å²) in [6.07, 6.45) is 1.46. The van der Waals surface area contributed by atoms with Gasteiger partial charge in [0.15, 0.2) is 17.1 Å². The largest absolute Gasteiger partial charge is 0.483 e. The first kappa shape index (κ1) is 21.9. The summed E-state index contributed by atoms with van der Waals surface area (Å²) in [5, 5.41) is 12.6. The van der Waals surface area contributed by atoms with Crippen LogP contribution >= 0.6 is 23.4 Å². The zero-order chi connectivity index (χ0) is 21.5. The molecule has 1 unspecified atom stereocenters. The van der Waals surface area contributed by atoms with E-state index in [9.17, 15) is 4.79 Å². The number of aromatic nitrogens is 3. The normalized spacial score (nSPS) is 11.7. The molecule has 0 saturated carbocycles. The molecular formula is C22H23ClN4O2S. The number of para-hydroxylation sites is 1. The van der Waals surface area contributed by atoms with Gasteiger partial charge in [-0.1, -0.05) is 53.7 Å². The maximum atomic E-state index is 12.4. The van der Waals surface area contributed by atoms with Gasteiger partial charge in [-0.05, 0) is 43.7 Å². The summed E-state index contributed by atoms with van der Waals surface area (Å²) in [4.78, 5) is 12.4. The van der Waals surface area contributed by atoms with Crippen LogP contribution in [0.2, 0.25) is 5.02 Å². The van der Waals surface area contributed by atoms with Gasteiger partial charge >= 0.3 is 0 Å². The zero-order valence-electron chi connectivity index (χ0n) is 16.8. The molecule has 0 saturated heterocycles. The van der Waals surface area contributed by atoms with Crippen LogP contribution < -0.4 is 10.1 Å². The molecule has 0 spiro atoms. The number of halogens is 1. The van der Waals surface area contributed by atoms with Gasteiger partial charge in [-0.2, -0.15) is 0 Å². The van der Waals surface area contributed by atoms with Gasteiger partial charge in [-0.3, -0.25) is 9.36 Å². The molecule has 0 aliphatic heterocycles. The first-order chi connectivity index (χ1) is 14.5. The number of nitrogens with one attached hydrogen (secondary N) is 1. The second kappa shape index (κ2) is 10.3. The molecule has 2 aromatic carbocycles. The predicted octanol–water partition coefficient (Wildman–Crippen LogP) is 5.30. The van der Waals surface area contributed by atoms with Crippen LogP contribution in [0.3, 0.4) is 0 Å². The Balaban J connectivity index is 1.67. The van der Waals surface area contributed by atoms with Gasteiger partial charge in [0.2, 0.25) is 5.91 Å². The van der Waals surface area contributed by atoms with Gasteiger partial charge in [0, 0.05) is 17.3 Å². The molecule has 156 valence electrons. The Labute approximate surface area is 185 Å². The Morgan fingerprint density at radius 3 is 2.80 bits per heavy atom. The number of ether oxygens (including phenoxy) is 1. The third kappa shape index (κ3) is 5.64. The van der Waals surface area contributed by atoms with E-state index in [2.05, 4.69) is 22.1 Å². The SMILES string of the molecule is C=CCn1c(SCC(=O)Nc2cc(Cl)ccc2C)nnc1C(C)Oc1ccccc1. The highest BCUT2D eigenvalue weighted by Gasteiger charge is 2.20. The number of hydrogen-bond acceptors (Lipinski definition) is 5. The number of anilines is 1. The van der Waals surface area contributed by atoms with E-state index in [1.807, 2.05) is 54.8 Å². The minimum absolute atomic E-state index is 0.145. The van der Waals surface area contributed by atoms with Crippen molar-refractivity contribution < 1.29 is 9.53 Å². The van der Waals surface area contributed by atoms with Crippen LogP contribution in [0.5, 0.6) is 5.75 Å². The van der Waals surface area contributed by atoms with E-state index in [0.717, 1.165) is 11.3 Å². The standard InChI is InChI=1S/C22H23ClN4O2S/c1-4-12-27-21(16(3)29-18-8-6-5-7-9-18)25-26-22(27)30-14-20(28)24-19-13-17(23)11-10-15(19)2/h4-11,13,16H,1,12,14H2,2-3H3,(H,24,28). The lowest BCUT2D eigenvalue weighted by Gasteiger charge is -2.15. The molecule has 0 radical (unpaired) electrons. The fourth-order valence-corrected chi connectivity index (χ4v) is 3.74. The summed E-state index contributed by atoms with van der Waals surface area (Å²) < 4.78 is 7.88. The molecule has 1 amide bonds. The molecule has 0 bridgehead atoms. The predicted molar refractivity (Wildman–Crippen MR) is 121 cm³/mol. The van der Waals surface area contributed by atoms with Gasteiger partial charge in [-0.25, -0.2) is 0 Å². The molecule has 8 heteroatoms. The number of hydrogen-bond donors (Lipinski definition) is 1. The topological polar surface area (TPSA) is 69.0 Å². The summed E-state index contributed by atoms with van der Waals surface area (Å²) in [6, 6.07) is 14.9. The highest BCUT2D eigenvalue weighted by molar-refractivity contribution is 7.99. The molecule has 30 heavy (non-hydrogen) atoms. The van der Waals surface area contributed by atoms with E-state index in [1.54, 1.807) is 18.2 Å². The quantitative estimate of drug-likeness (QED) is 0.360. The van der Waals surface area contributed by atoms with Gasteiger partial charge in [0.05, 0.1) is 5.75 Å². The lowest BCUT2D eigenvalue weighted by Crippen LogP contribution is -2.16. The van der Waals surface area contributed by atoms with Gasteiger partial charge in [0.1, 0.15) is 5.75 Å². The summed E-state index contributed by atoms with van der Waals surface area (Å²) in [7, 11) is 0. The van der Waals surface area contributed by atoms with E-state index in [1.165, 1.54) is 11.8 Å². The Kier molecular flexibility index (Phi) is 7.54. The van der Waals surface area contributed by atoms with Crippen molar-refractivity contribution in [3.63, 3.8) is 0 Å². The van der Waals surface area contributed by atoms with Gasteiger partial charge in [-0.15, -0.1) is 16.8 Å². The first-order valence-corrected chi connectivity index (χ1v) is 10.8. The lowest BCUT2D eigenvalue weighted by molar-refractivity contribution is -0.113. The number of carbonyl (C=O) groups is 1. The fraction of sp³-hybridized carbons (Fsp3) is 0.227. The average Bonchev–Trinajstić information content (AvgIpc) is 3.13. The highest BCUT2D eigenvalue weighted by atomic mass is 35.5. The monoisotopic (exact) mass is 442 g/mol. The Hall–Kier alpha value is -2.77. The molecule has 1 aromatic heterocycles. The number of benzene rings is 2. The van der Waals surface area contributed by atoms with Crippen LogP contribution in [0.15, 0.2) is 66.3 Å². The number of allylic oxidation sites excluding steroid dienone is 1. The smallest absolute Gasteiger partial charge is 0.234 e. The van der Waals surface area contributed by atoms with E-state index in [0.29, 0.717) is 28.2 Å². The maximum absolute atomic E-state index is 12.4. The van der Waals surface area contributed by atoms with Crippen molar-refractivity contribution in [2.45, 2.75) is 31.7 Å². The van der Waals surface area contributed by atoms with Gasteiger partial charge in [0.25, 0.3) is 0 Å². The molecule has 0 aliphatic carbocycles. The second-order valence-corrected chi connectivity index (χ2v) is 7.99. The number of carbonyl (C=O) groups excluding carboxylic acids is 1. The fourth-order valence-electron chi connectivity index (χ4n) is 2.81. The van der Waals surface area contributed by atoms with Crippen molar-refractivity contribution in [3.8, 4) is 5.75 Å². The van der Waals surface area contributed by atoms with E-state index < -0.39 is 0 Å². The molecule has 6 nitrogen and oxygen atoms in total. The van der Waals surface area contributed by atoms with Gasteiger partial charge < -0.3 is 10.1 Å². The van der Waals surface area contributed by atoms with Crippen molar-refractivity contribution >= 4 is 35.0 Å². The summed E-state index contributed by atoms with van der Waals surface area (Å²) >= 11 is 7.33. The van der Waals surface area contributed by atoms with E-state index in [-0.39, 0.29) is 17.8 Å². The number of thioether (sulfide) groups is 1. The third-order valence-electron chi connectivity index (χ3n) is 4.28. The minimum atomic E-state index is -0.308. The van der Waals surface area contributed by atoms with Crippen molar-refractivity contribution in [2.24, 2.45) is 0 Å². The van der Waals surface area contributed by atoms with Crippen LogP contribution in [0.1, 0.15) is 24.4 Å². The second-order valence-electron chi connectivity index (χ2n) is 6.61. The average molecular weight is 443 g/mol. The molecule has 1 atom stereocenters. The van der Waals surface area contributed by atoms with E-state index >= 15 is 0 Å². The Bertz CT molecular complexity index is 1020. The van der Waals surface area contributed by atoms with Crippen LogP contribution in [0.4, 0.5) is 5.69 Å². The van der Waals surface area contributed by atoms with Crippen LogP contribution in [0.25, 0.3) is 0 Å². The molecule has 3 aromatic rings. The van der Waals surface area contributed by atoms with Crippen LogP contribution in [0, 0.1) is 6.92 Å². The number of amides is 1. The number of aryl methyl sites for hydroxylation is 1. The van der Waals surface area contributed by atoms with Crippen molar-refractivity contribution in [1.82, 2.24) is 14.8 Å². The van der Waals surface area contributed by atoms with Crippen molar-refractivity contribution in [2.75, 3.05) is 11.1 Å². The minimum Gasteiger partial charge on any atom is -0.483 e.